The molecule has 1 aromatic heterocycles. The maximum absolute atomic E-state index is 11.2. The van der Waals surface area contributed by atoms with E-state index in [-0.39, 0.29) is 35.8 Å². The molecule has 1 heterocycles. The molecular formula is C12H21N5O3. The molecule has 0 aliphatic rings. The Labute approximate surface area is 117 Å². The first kappa shape index (κ1) is 16.1. The number of nitrogens with one attached hydrogen (secondary N) is 2. The van der Waals surface area contributed by atoms with E-state index in [1.807, 2.05) is 20.8 Å². The fraction of sp³-hybridized carbons (Fsp3) is 0.667. The number of anilines is 2. The SMILES string of the molecule is CCNc1nc(C)c([N+](=O)[O-])c(NC(CO)C(C)C)n1. The quantitative estimate of drug-likeness (QED) is 0.514. The van der Waals surface area contributed by atoms with Crippen LogP contribution in [0, 0.1) is 23.0 Å². The van der Waals surface area contributed by atoms with Crippen molar-refractivity contribution in [3.63, 3.8) is 0 Å². The fourth-order valence-electron chi connectivity index (χ4n) is 1.72. The highest BCUT2D eigenvalue weighted by molar-refractivity contribution is 5.61. The molecule has 0 amide bonds. The van der Waals surface area contributed by atoms with Gasteiger partial charge in [0.2, 0.25) is 11.8 Å². The average Bonchev–Trinajstić information content (AvgIpc) is 2.34. The molecule has 112 valence electrons. The van der Waals surface area contributed by atoms with E-state index in [0.717, 1.165) is 0 Å². The summed E-state index contributed by atoms with van der Waals surface area (Å²) in [5, 5.41) is 26.4. The Bertz CT molecular complexity index is 478. The normalized spacial score (nSPS) is 12.3. The van der Waals surface area contributed by atoms with Gasteiger partial charge in [-0.05, 0) is 19.8 Å². The molecule has 0 aliphatic carbocycles. The van der Waals surface area contributed by atoms with Crippen LogP contribution in [0.15, 0.2) is 0 Å². The van der Waals surface area contributed by atoms with Gasteiger partial charge in [0.15, 0.2) is 0 Å². The van der Waals surface area contributed by atoms with Gasteiger partial charge in [0.25, 0.3) is 0 Å². The first-order valence-electron chi connectivity index (χ1n) is 6.55. The molecule has 0 radical (unpaired) electrons. The number of nitrogens with zero attached hydrogens (tertiary/aromatic N) is 3. The van der Waals surface area contributed by atoms with Crippen molar-refractivity contribution in [3.05, 3.63) is 15.8 Å². The van der Waals surface area contributed by atoms with Crippen LogP contribution in [0.4, 0.5) is 17.5 Å². The Balaban J connectivity index is 3.22. The van der Waals surface area contributed by atoms with Gasteiger partial charge in [0, 0.05) is 6.54 Å². The van der Waals surface area contributed by atoms with Gasteiger partial charge in [-0.1, -0.05) is 13.8 Å². The maximum atomic E-state index is 11.2. The summed E-state index contributed by atoms with van der Waals surface area (Å²) in [6, 6.07) is -0.308. The van der Waals surface area contributed by atoms with Crippen LogP contribution in [0.1, 0.15) is 26.5 Å². The highest BCUT2D eigenvalue weighted by Gasteiger charge is 2.24. The smallest absolute Gasteiger partial charge is 0.332 e. The highest BCUT2D eigenvalue weighted by atomic mass is 16.6. The van der Waals surface area contributed by atoms with Gasteiger partial charge in [0.05, 0.1) is 17.6 Å². The summed E-state index contributed by atoms with van der Waals surface area (Å²) < 4.78 is 0. The van der Waals surface area contributed by atoms with Crippen molar-refractivity contribution >= 4 is 17.5 Å². The molecule has 1 rings (SSSR count). The molecule has 0 aromatic carbocycles. The standard InChI is InChI=1S/C12H21N5O3/c1-5-13-12-14-8(4)10(17(19)20)11(16-12)15-9(6-18)7(2)3/h7,9,18H,5-6H2,1-4H3,(H2,13,14,15,16). The first-order chi connectivity index (χ1) is 9.40. The van der Waals surface area contributed by atoms with E-state index in [9.17, 15) is 15.2 Å². The third-order valence-electron chi connectivity index (χ3n) is 2.90. The van der Waals surface area contributed by atoms with Crippen LogP contribution in [-0.4, -0.2) is 39.2 Å². The average molecular weight is 283 g/mol. The second-order valence-corrected chi connectivity index (χ2v) is 4.79. The summed E-state index contributed by atoms with van der Waals surface area (Å²) in [6.45, 7) is 7.77. The van der Waals surface area contributed by atoms with E-state index < -0.39 is 4.92 Å². The van der Waals surface area contributed by atoms with Crippen molar-refractivity contribution in [2.24, 2.45) is 5.92 Å². The zero-order valence-electron chi connectivity index (χ0n) is 12.2. The Morgan fingerprint density at radius 3 is 2.50 bits per heavy atom. The summed E-state index contributed by atoms with van der Waals surface area (Å²) in [5.74, 6) is 0.571. The van der Waals surface area contributed by atoms with Gasteiger partial charge in [-0.3, -0.25) is 10.1 Å². The number of hydrogen-bond donors (Lipinski definition) is 3. The summed E-state index contributed by atoms with van der Waals surface area (Å²) in [6.07, 6.45) is 0. The third kappa shape index (κ3) is 3.77. The van der Waals surface area contributed by atoms with E-state index in [2.05, 4.69) is 20.6 Å². The summed E-state index contributed by atoms with van der Waals surface area (Å²) in [4.78, 5) is 18.8. The van der Waals surface area contributed by atoms with Gasteiger partial charge in [0.1, 0.15) is 5.69 Å². The van der Waals surface area contributed by atoms with Crippen molar-refractivity contribution in [3.8, 4) is 0 Å². The van der Waals surface area contributed by atoms with Crippen LogP contribution in [0.5, 0.6) is 0 Å². The van der Waals surface area contributed by atoms with Crippen LogP contribution in [-0.2, 0) is 0 Å². The summed E-state index contributed by atoms with van der Waals surface area (Å²) >= 11 is 0. The Morgan fingerprint density at radius 1 is 1.40 bits per heavy atom. The molecular weight excluding hydrogens is 262 g/mol. The number of aliphatic hydroxyl groups excluding tert-OH is 1. The second-order valence-electron chi connectivity index (χ2n) is 4.79. The van der Waals surface area contributed by atoms with Crippen molar-refractivity contribution in [2.45, 2.75) is 33.7 Å². The molecule has 0 saturated heterocycles. The first-order valence-corrected chi connectivity index (χ1v) is 6.55. The van der Waals surface area contributed by atoms with Gasteiger partial charge in [-0.15, -0.1) is 0 Å². The molecule has 3 N–H and O–H groups in total. The lowest BCUT2D eigenvalue weighted by atomic mass is 10.1. The fourth-order valence-corrected chi connectivity index (χ4v) is 1.72. The lowest BCUT2D eigenvalue weighted by Gasteiger charge is -2.20. The molecule has 1 aromatic rings. The minimum Gasteiger partial charge on any atom is -0.394 e. The van der Waals surface area contributed by atoms with E-state index in [1.54, 1.807) is 6.92 Å². The molecule has 0 fully saturated rings. The largest absolute Gasteiger partial charge is 0.394 e. The highest BCUT2D eigenvalue weighted by Crippen LogP contribution is 2.27. The van der Waals surface area contributed by atoms with Crippen molar-refractivity contribution < 1.29 is 10.0 Å². The Hall–Kier alpha value is -1.96. The molecule has 0 spiro atoms. The molecule has 0 aliphatic heterocycles. The van der Waals surface area contributed by atoms with Crippen LogP contribution in [0.3, 0.4) is 0 Å². The number of aryl methyl sites for hydroxylation is 1. The van der Waals surface area contributed by atoms with E-state index >= 15 is 0 Å². The van der Waals surface area contributed by atoms with Crippen LogP contribution < -0.4 is 10.6 Å². The molecule has 0 bridgehead atoms. The van der Waals surface area contributed by atoms with Gasteiger partial charge < -0.3 is 15.7 Å². The number of aromatic nitrogens is 2. The molecule has 1 unspecified atom stereocenters. The number of nitro groups is 1. The number of aliphatic hydroxyl groups is 1. The predicted octanol–water partition coefficient (Wildman–Crippen LogP) is 1.55. The minimum atomic E-state index is -0.512. The van der Waals surface area contributed by atoms with Crippen molar-refractivity contribution in [1.29, 1.82) is 0 Å². The van der Waals surface area contributed by atoms with Crippen LogP contribution in [0.25, 0.3) is 0 Å². The summed E-state index contributed by atoms with van der Waals surface area (Å²) in [5.41, 5.74) is 0.120. The maximum Gasteiger partial charge on any atom is 0.332 e. The molecule has 0 saturated carbocycles. The van der Waals surface area contributed by atoms with Crippen molar-refractivity contribution in [1.82, 2.24) is 9.97 Å². The molecule has 20 heavy (non-hydrogen) atoms. The topological polar surface area (TPSA) is 113 Å². The van der Waals surface area contributed by atoms with Crippen LogP contribution in [0.2, 0.25) is 0 Å². The summed E-state index contributed by atoms with van der Waals surface area (Å²) in [7, 11) is 0. The van der Waals surface area contributed by atoms with Gasteiger partial charge in [-0.2, -0.15) is 4.98 Å². The van der Waals surface area contributed by atoms with Crippen LogP contribution >= 0.6 is 0 Å². The number of hydrogen-bond acceptors (Lipinski definition) is 7. The van der Waals surface area contributed by atoms with E-state index in [1.165, 1.54) is 0 Å². The Morgan fingerprint density at radius 2 is 2.05 bits per heavy atom. The van der Waals surface area contributed by atoms with Crippen molar-refractivity contribution in [2.75, 3.05) is 23.8 Å². The second kappa shape index (κ2) is 6.99. The van der Waals surface area contributed by atoms with E-state index in [0.29, 0.717) is 12.5 Å². The number of rotatable bonds is 7. The molecule has 1 atom stereocenters. The lowest BCUT2D eigenvalue weighted by Crippen LogP contribution is -2.30. The minimum absolute atomic E-state index is 0.109. The van der Waals surface area contributed by atoms with Gasteiger partial charge >= 0.3 is 5.69 Å². The zero-order valence-corrected chi connectivity index (χ0v) is 12.2. The van der Waals surface area contributed by atoms with E-state index in [4.69, 9.17) is 0 Å². The molecule has 8 heteroatoms. The molecule has 8 nitrogen and oxygen atoms in total. The third-order valence-corrected chi connectivity index (χ3v) is 2.90. The van der Waals surface area contributed by atoms with Gasteiger partial charge in [-0.25, -0.2) is 4.98 Å². The monoisotopic (exact) mass is 283 g/mol. The Kier molecular flexibility index (Phi) is 5.63. The lowest BCUT2D eigenvalue weighted by molar-refractivity contribution is -0.385. The predicted molar refractivity (Wildman–Crippen MR) is 76.9 cm³/mol. The zero-order chi connectivity index (χ0) is 15.3.